The third-order valence-electron chi connectivity index (χ3n) is 4.35. The number of halogens is 1. The van der Waals surface area contributed by atoms with Crippen LogP contribution in [-0.2, 0) is 4.74 Å². The number of nitrogens with zero attached hydrogens (tertiary/aromatic N) is 2. The number of non-ortho nitro benzene ring substituents is 1. The Bertz CT molecular complexity index is 774. The summed E-state index contributed by atoms with van der Waals surface area (Å²) < 4.78 is 6.64. The lowest BCUT2D eigenvalue weighted by Crippen LogP contribution is -2.40. The maximum Gasteiger partial charge on any atom is 0.270 e. The number of rotatable bonds is 6. The average molecular weight is 400 g/mol. The van der Waals surface area contributed by atoms with Gasteiger partial charge in [-0.05, 0) is 37.9 Å². The summed E-state index contributed by atoms with van der Waals surface area (Å²) in [6, 6.07) is 6.43. The Hall–Kier alpha value is -1.74. The van der Waals surface area contributed by atoms with Crippen molar-refractivity contribution in [2.24, 2.45) is 5.73 Å². The molecule has 0 radical (unpaired) electrons. The number of benzene rings is 1. The van der Waals surface area contributed by atoms with E-state index in [1.54, 1.807) is 12.1 Å². The fraction of sp³-hybridized carbons (Fsp3) is 0.471. The summed E-state index contributed by atoms with van der Waals surface area (Å²) in [5.41, 5.74) is 5.50. The number of nitrogens with two attached hydrogens (primary N) is 1. The van der Waals surface area contributed by atoms with E-state index in [2.05, 4.69) is 0 Å². The van der Waals surface area contributed by atoms with Crippen LogP contribution in [0.5, 0.6) is 0 Å². The van der Waals surface area contributed by atoms with E-state index in [1.807, 2.05) is 4.90 Å². The summed E-state index contributed by atoms with van der Waals surface area (Å²) in [7, 11) is 0. The van der Waals surface area contributed by atoms with E-state index >= 15 is 0 Å². The zero-order valence-electron chi connectivity index (χ0n) is 14.3. The first-order valence-corrected chi connectivity index (χ1v) is 9.19. The number of piperidine rings is 1. The molecule has 2 aromatic rings. The number of carbonyl (C=O) groups excluding carboxylic acids is 1. The predicted molar refractivity (Wildman–Crippen MR) is 104 cm³/mol. The molecule has 1 saturated heterocycles. The quantitative estimate of drug-likeness (QED) is 0.457. The van der Waals surface area contributed by atoms with Gasteiger partial charge in [-0.3, -0.25) is 14.9 Å². The van der Waals surface area contributed by atoms with Gasteiger partial charge in [-0.2, -0.15) is 0 Å². The summed E-state index contributed by atoms with van der Waals surface area (Å²) in [4.78, 5) is 25.6. The monoisotopic (exact) mass is 399 g/mol. The number of hydrogen-bond donors (Lipinski definition) is 1. The topological polar surface area (TPSA) is 98.7 Å². The number of nitro groups is 1. The highest BCUT2D eigenvalue weighted by Gasteiger charge is 2.25. The van der Waals surface area contributed by atoms with Crippen molar-refractivity contribution in [3.8, 4) is 0 Å². The van der Waals surface area contributed by atoms with Crippen LogP contribution in [0.1, 0.15) is 28.9 Å². The molecule has 3 rings (SSSR count). The fourth-order valence-corrected chi connectivity index (χ4v) is 3.98. The number of amides is 1. The first kappa shape index (κ1) is 20.6. The number of carbonyl (C=O) groups is 1. The van der Waals surface area contributed by atoms with E-state index in [4.69, 9.17) is 10.5 Å². The summed E-state index contributed by atoms with van der Waals surface area (Å²) in [6.45, 7) is 2.63. The molecule has 0 saturated carbocycles. The lowest BCUT2D eigenvalue weighted by Gasteiger charge is -2.31. The van der Waals surface area contributed by atoms with Gasteiger partial charge in [0.25, 0.3) is 11.6 Å². The normalized spacial score (nSPS) is 15.0. The molecule has 0 aliphatic carbocycles. The van der Waals surface area contributed by atoms with Crippen molar-refractivity contribution in [1.29, 1.82) is 0 Å². The summed E-state index contributed by atoms with van der Waals surface area (Å²) in [5, 5.41) is 11.6. The number of likely N-dealkylation sites (tertiary alicyclic amines) is 1. The van der Waals surface area contributed by atoms with Crippen molar-refractivity contribution in [2.45, 2.75) is 25.4 Å². The zero-order valence-corrected chi connectivity index (χ0v) is 15.9. The SMILES string of the molecule is Cl.NCCCOC1CCN(C(=O)c2cc3cc([N+](=O)[O-])ccc3s2)CC1. The van der Waals surface area contributed by atoms with Crippen molar-refractivity contribution in [3.63, 3.8) is 0 Å². The van der Waals surface area contributed by atoms with Gasteiger partial charge in [0.1, 0.15) is 0 Å². The van der Waals surface area contributed by atoms with Gasteiger partial charge in [-0.25, -0.2) is 0 Å². The number of hydrogen-bond acceptors (Lipinski definition) is 6. The molecule has 0 bridgehead atoms. The van der Waals surface area contributed by atoms with Gasteiger partial charge in [0.05, 0.1) is 15.9 Å². The molecule has 1 amide bonds. The largest absolute Gasteiger partial charge is 0.378 e. The van der Waals surface area contributed by atoms with Crippen LogP contribution in [0.4, 0.5) is 5.69 Å². The third-order valence-corrected chi connectivity index (χ3v) is 5.46. The van der Waals surface area contributed by atoms with Gasteiger partial charge < -0.3 is 15.4 Å². The molecule has 0 spiro atoms. The van der Waals surface area contributed by atoms with Gasteiger partial charge in [0.2, 0.25) is 0 Å². The first-order valence-electron chi connectivity index (χ1n) is 8.37. The van der Waals surface area contributed by atoms with Crippen LogP contribution in [0.15, 0.2) is 24.3 Å². The highest BCUT2D eigenvalue weighted by atomic mass is 35.5. The predicted octanol–water partition coefficient (Wildman–Crippen LogP) is 3.20. The maximum absolute atomic E-state index is 12.7. The van der Waals surface area contributed by atoms with Gasteiger partial charge in [0, 0.05) is 41.9 Å². The Morgan fingerprint density at radius 2 is 2.08 bits per heavy atom. The Morgan fingerprint density at radius 3 is 2.73 bits per heavy atom. The molecular weight excluding hydrogens is 378 g/mol. The number of ether oxygens (including phenoxy) is 1. The van der Waals surface area contributed by atoms with Crippen molar-refractivity contribution < 1.29 is 14.5 Å². The molecule has 1 aliphatic rings. The van der Waals surface area contributed by atoms with E-state index in [-0.39, 0.29) is 30.1 Å². The van der Waals surface area contributed by atoms with Gasteiger partial charge in [-0.15, -0.1) is 23.7 Å². The van der Waals surface area contributed by atoms with Crippen LogP contribution >= 0.6 is 23.7 Å². The van der Waals surface area contributed by atoms with E-state index in [0.29, 0.717) is 31.1 Å². The molecule has 0 unspecified atom stereocenters. The molecule has 2 heterocycles. The molecule has 7 nitrogen and oxygen atoms in total. The second kappa shape index (κ2) is 9.27. The molecule has 142 valence electrons. The molecule has 1 aromatic heterocycles. The smallest absolute Gasteiger partial charge is 0.270 e. The second-order valence-electron chi connectivity index (χ2n) is 6.09. The molecule has 1 aliphatic heterocycles. The number of nitro benzene ring substituents is 1. The second-order valence-corrected chi connectivity index (χ2v) is 7.18. The van der Waals surface area contributed by atoms with Crippen molar-refractivity contribution in [2.75, 3.05) is 26.2 Å². The number of thiophene rings is 1. The minimum absolute atomic E-state index is 0. The van der Waals surface area contributed by atoms with Crippen LogP contribution in [0, 0.1) is 10.1 Å². The minimum atomic E-state index is -0.423. The highest BCUT2D eigenvalue weighted by Crippen LogP contribution is 2.30. The van der Waals surface area contributed by atoms with Gasteiger partial charge >= 0.3 is 0 Å². The van der Waals surface area contributed by atoms with E-state index in [1.165, 1.54) is 23.5 Å². The molecule has 0 atom stereocenters. The zero-order chi connectivity index (χ0) is 17.8. The van der Waals surface area contributed by atoms with Crippen molar-refractivity contribution in [3.05, 3.63) is 39.3 Å². The third kappa shape index (κ3) is 4.70. The van der Waals surface area contributed by atoms with Crippen LogP contribution < -0.4 is 5.73 Å². The van der Waals surface area contributed by atoms with Crippen LogP contribution in [-0.4, -0.2) is 48.1 Å². The molecule has 2 N–H and O–H groups in total. The molecule has 9 heteroatoms. The standard InChI is InChI=1S/C17H21N3O4S.ClH/c18-6-1-9-24-14-4-7-19(8-5-14)17(21)16-11-12-10-13(20(22)23)2-3-15(12)25-16;/h2-3,10-11,14H,1,4-9,18H2;1H. The first-order chi connectivity index (χ1) is 12.1. The molecule has 1 aromatic carbocycles. The number of fused-ring (bicyclic) bond motifs is 1. The Labute approximate surface area is 161 Å². The summed E-state index contributed by atoms with van der Waals surface area (Å²) in [5.74, 6) is -0.00994. The lowest BCUT2D eigenvalue weighted by atomic mass is 10.1. The Kier molecular flexibility index (Phi) is 7.33. The highest BCUT2D eigenvalue weighted by molar-refractivity contribution is 7.20. The molecular formula is C17H22ClN3O4S. The fourth-order valence-electron chi connectivity index (χ4n) is 2.96. The Balaban J connectivity index is 0.00000243. The molecule has 26 heavy (non-hydrogen) atoms. The van der Waals surface area contributed by atoms with Crippen molar-refractivity contribution >= 4 is 45.4 Å². The minimum Gasteiger partial charge on any atom is -0.378 e. The van der Waals surface area contributed by atoms with Crippen LogP contribution in [0.2, 0.25) is 0 Å². The van der Waals surface area contributed by atoms with E-state index in [0.717, 1.165) is 29.3 Å². The molecule has 1 fully saturated rings. The van der Waals surface area contributed by atoms with Gasteiger partial charge in [0.15, 0.2) is 0 Å². The Morgan fingerprint density at radius 1 is 1.35 bits per heavy atom. The summed E-state index contributed by atoms with van der Waals surface area (Å²) >= 11 is 1.38. The average Bonchev–Trinajstić information content (AvgIpc) is 3.05. The van der Waals surface area contributed by atoms with E-state index in [9.17, 15) is 14.9 Å². The summed E-state index contributed by atoms with van der Waals surface area (Å²) in [6.07, 6.45) is 2.70. The van der Waals surface area contributed by atoms with Crippen LogP contribution in [0.3, 0.4) is 0 Å². The lowest BCUT2D eigenvalue weighted by molar-refractivity contribution is -0.384. The van der Waals surface area contributed by atoms with E-state index < -0.39 is 4.92 Å². The maximum atomic E-state index is 12.7. The van der Waals surface area contributed by atoms with Gasteiger partial charge in [-0.1, -0.05) is 0 Å². The van der Waals surface area contributed by atoms with Crippen LogP contribution in [0.25, 0.3) is 10.1 Å². The van der Waals surface area contributed by atoms with Crippen molar-refractivity contribution in [1.82, 2.24) is 4.90 Å².